The molecule has 0 fully saturated rings. The van der Waals surface area contributed by atoms with Crippen molar-refractivity contribution < 1.29 is 4.42 Å². The summed E-state index contributed by atoms with van der Waals surface area (Å²) in [5.41, 5.74) is 1.02. The number of hydrogen-bond acceptors (Lipinski definition) is 1. The van der Waals surface area contributed by atoms with Crippen LogP contribution in [0.5, 0.6) is 0 Å². The standard InChI is InChI=1S/C10H12O.C2H6/c1-4-8-7-9(5-2)11-10(8)6-3;1-2/h4,6-7H,1,3,5H2,2H3;1-2H3. The van der Waals surface area contributed by atoms with E-state index in [2.05, 4.69) is 20.1 Å². The van der Waals surface area contributed by atoms with Crippen molar-refractivity contribution in [3.8, 4) is 0 Å². The Morgan fingerprint density at radius 3 is 2.23 bits per heavy atom. The van der Waals surface area contributed by atoms with E-state index in [1.165, 1.54) is 0 Å². The number of aryl methyl sites for hydroxylation is 1. The van der Waals surface area contributed by atoms with E-state index in [1.54, 1.807) is 12.2 Å². The lowest BCUT2D eigenvalue weighted by atomic mass is 10.2. The zero-order valence-electron chi connectivity index (χ0n) is 8.76. The lowest BCUT2D eigenvalue weighted by molar-refractivity contribution is 0.507. The molecular weight excluding hydrogens is 160 g/mol. The fourth-order valence-corrected chi connectivity index (χ4v) is 0.967. The predicted molar refractivity (Wildman–Crippen MR) is 59.6 cm³/mol. The first-order valence-corrected chi connectivity index (χ1v) is 4.69. The Morgan fingerprint density at radius 1 is 1.31 bits per heavy atom. The van der Waals surface area contributed by atoms with E-state index in [4.69, 9.17) is 4.42 Å². The van der Waals surface area contributed by atoms with E-state index in [-0.39, 0.29) is 0 Å². The molecule has 72 valence electrons. The molecule has 0 aromatic carbocycles. The number of furan rings is 1. The van der Waals surface area contributed by atoms with Crippen molar-refractivity contribution >= 4 is 12.2 Å². The molecule has 13 heavy (non-hydrogen) atoms. The van der Waals surface area contributed by atoms with Gasteiger partial charge in [-0.25, -0.2) is 0 Å². The lowest BCUT2D eigenvalue weighted by Gasteiger charge is -1.86. The van der Waals surface area contributed by atoms with E-state index < -0.39 is 0 Å². The summed E-state index contributed by atoms with van der Waals surface area (Å²) >= 11 is 0. The molecule has 0 aliphatic rings. The molecule has 1 aromatic rings. The number of rotatable bonds is 3. The Labute approximate surface area is 80.8 Å². The maximum Gasteiger partial charge on any atom is 0.133 e. The predicted octanol–water partition coefficient (Wildman–Crippen LogP) is 4.15. The van der Waals surface area contributed by atoms with Crippen LogP contribution < -0.4 is 0 Å². The van der Waals surface area contributed by atoms with Crippen LogP contribution in [0.25, 0.3) is 12.2 Å². The second-order valence-corrected chi connectivity index (χ2v) is 2.29. The lowest BCUT2D eigenvalue weighted by Crippen LogP contribution is -1.68. The highest BCUT2D eigenvalue weighted by molar-refractivity contribution is 5.59. The molecule has 0 spiro atoms. The molecule has 1 aromatic heterocycles. The molecule has 0 amide bonds. The average molecular weight is 178 g/mol. The van der Waals surface area contributed by atoms with Gasteiger partial charge in [-0.1, -0.05) is 40.0 Å². The van der Waals surface area contributed by atoms with Crippen molar-refractivity contribution in [3.05, 3.63) is 36.3 Å². The van der Waals surface area contributed by atoms with Crippen molar-refractivity contribution in [2.45, 2.75) is 27.2 Å². The zero-order chi connectivity index (χ0) is 10.3. The van der Waals surface area contributed by atoms with Gasteiger partial charge in [0.15, 0.2) is 0 Å². The largest absolute Gasteiger partial charge is 0.461 e. The van der Waals surface area contributed by atoms with Crippen LogP contribution in [0.3, 0.4) is 0 Å². The highest BCUT2D eigenvalue weighted by atomic mass is 16.3. The van der Waals surface area contributed by atoms with E-state index in [0.717, 1.165) is 23.5 Å². The first kappa shape index (κ1) is 11.8. The van der Waals surface area contributed by atoms with Crippen LogP contribution in [0.4, 0.5) is 0 Å². The van der Waals surface area contributed by atoms with Crippen molar-refractivity contribution in [3.63, 3.8) is 0 Å². The Kier molecular flexibility index (Phi) is 5.69. The van der Waals surface area contributed by atoms with Gasteiger partial charge >= 0.3 is 0 Å². The van der Waals surface area contributed by atoms with Crippen LogP contribution in [0.1, 0.15) is 37.9 Å². The van der Waals surface area contributed by atoms with Crippen LogP contribution >= 0.6 is 0 Å². The summed E-state index contributed by atoms with van der Waals surface area (Å²) < 4.78 is 5.41. The minimum absolute atomic E-state index is 0.817. The molecular formula is C12H18O. The van der Waals surface area contributed by atoms with Crippen molar-refractivity contribution in [1.82, 2.24) is 0 Å². The first-order valence-electron chi connectivity index (χ1n) is 4.69. The monoisotopic (exact) mass is 178 g/mol. The van der Waals surface area contributed by atoms with Gasteiger partial charge in [0.25, 0.3) is 0 Å². The Bertz CT molecular complexity index is 243. The molecule has 0 unspecified atom stereocenters. The van der Waals surface area contributed by atoms with Gasteiger partial charge in [0.05, 0.1) is 0 Å². The van der Waals surface area contributed by atoms with Crippen LogP contribution in [-0.4, -0.2) is 0 Å². The van der Waals surface area contributed by atoms with Crippen LogP contribution in [0.15, 0.2) is 23.6 Å². The first-order chi connectivity index (χ1) is 6.31. The molecule has 0 aliphatic carbocycles. The summed E-state index contributed by atoms with van der Waals surface area (Å²) in [5.74, 6) is 1.80. The second-order valence-electron chi connectivity index (χ2n) is 2.29. The van der Waals surface area contributed by atoms with Gasteiger partial charge in [-0.05, 0) is 12.1 Å². The molecule has 0 radical (unpaired) electrons. The quantitative estimate of drug-likeness (QED) is 0.677. The van der Waals surface area contributed by atoms with Gasteiger partial charge in [0.2, 0.25) is 0 Å². The molecule has 0 atom stereocenters. The molecule has 1 heterocycles. The molecule has 0 bridgehead atoms. The SMILES string of the molecule is C=Cc1cc(CC)oc1C=C.CC. The van der Waals surface area contributed by atoms with Gasteiger partial charge < -0.3 is 4.42 Å². The Balaban J connectivity index is 0.000000671. The van der Waals surface area contributed by atoms with Gasteiger partial charge in [0, 0.05) is 12.0 Å². The minimum atomic E-state index is 0.817. The summed E-state index contributed by atoms with van der Waals surface area (Å²) in [6, 6.07) is 1.99. The molecule has 0 N–H and O–H groups in total. The van der Waals surface area contributed by atoms with Gasteiger partial charge in [0.1, 0.15) is 11.5 Å². The fourth-order valence-electron chi connectivity index (χ4n) is 0.967. The normalized spacial score (nSPS) is 8.54. The van der Waals surface area contributed by atoms with Gasteiger partial charge in [-0.15, -0.1) is 0 Å². The summed E-state index contributed by atoms with van der Waals surface area (Å²) in [6.45, 7) is 13.4. The van der Waals surface area contributed by atoms with Crippen LogP contribution in [-0.2, 0) is 6.42 Å². The Hall–Kier alpha value is -1.24. The summed E-state index contributed by atoms with van der Waals surface area (Å²) in [4.78, 5) is 0. The molecule has 1 rings (SSSR count). The average Bonchev–Trinajstić information content (AvgIpc) is 2.63. The van der Waals surface area contributed by atoms with Gasteiger partial charge in [-0.3, -0.25) is 0 Å². The van der Waals surface area contributed by atoms with Crippen LogP contribution in [0, 0.1) is 0 Å². The van der Waals surface area contributed by atoms with Crippen molar-refractivity contribution in [2.24, 2.45) is 0 Å². The van der Waals surface area contributed by atoms with E-state index >= 15 is 0 Å². The highest BCUT2D eigenvalue weighted by Gasteiger charge is 2.02. The maximum atomic E-state index is 5.41. The molecule has 0 aliphatic heterocycles. The maximum absolute atomic E-state index is 5.41. The molecule has 0 saturated carbocycles. The molecule has 0 saturated heterocycles. The van der Waals surface area contributed by atoms with E-state index in [0.29, 0.717) is 0 Å². The van der Waals surface area contributed by atoms with Crippen molar-refractivity contribution in [2.75, 3.05) is 0 Å². The van der Waals surface area contributed by atoms with E-state index in [9.17, 15) is 0 Å². The third-order valence-electron chi connectivity index (χ3n) is 1.60. The summed E-state index contributed by atoms with van der Waals surface area (Å²) in [6.07, 6.45) is 4.39. The topological polar surface area (TPSA) is 13.1 Å². The minimum Gasteiger partial charge on any atom is -0.461 e. The smallest absolute Gasteiger partial charge is 0.133 e. The zero-order valence-corrected chi connectivity index (χ0v) is 8.76. The summed E-state index contributed by atoms with van der Waals surface area (Å²) in [5, 5.41) is 0. The second kappa shape index (κ2) is 6.30. The number of hydrogen-bond donors (Lipinski definition) is 0. The van der Waals surface area contributed by atoms with E-state index in [1.807, 2.05) is 19.9 Å². The highest BCUT2D eigenvalue weighted by Crippen LogP contribution is 2.17. The summed E-state index contributed by atoms with van der Waals surface area (Å²) in [7, 11) is 0. The molecule has 1 heteroatoms. The van der Waals surface area contributed by atoms with Gasteiger partial charge in [-0.2, -0.15) is 0 Å². The fraction of sp³-hybridized carbons (Fsp3) is 0.333. The Morgan fingerprint density at radius 2 is 1.92 bits per heavy atom. The third kappa shape index (κ3) is 2.94. The van der Waals surface area contributed by atoms with Crippen molar-refractivity contribution in [1.29, 1.82) is 0 Å². The molecule has 1 nitrogen and oxygen atoms in total. The van der Waals surface area contributed by atoms with Crippen LogP contribution in [0.2, 0.25) is 0 Å². The third-order valence-corrected chi connectivity index (χ3v) is 1.60.